The Morgan fingerprint density at radius 3 is 2.76 bits per heavy atom. The molecule has 1 aliphatic rings. The fraction of sp³-hybridized carbons (Fsp3) is 0.571. The number of hydrogen-bond acceptors (Lipinski definition) is 4. The van der Waals surface area contributed by atoms with E-state index in [4.69, 9.17) is 4.99 Å². The van der Waals surface area contributed by atoms with Crippen molar-refractivity contribution in [3.63, 3.8) is 0 Å². The molecule has 0 bridgehead atoms. The predicted octanol–water partition coefficient (Wildman–Crippen LogP) is 3.50. The average molecular weight is 529 g/mol. The SMILES string of the molecule is CSCCCNC(=NCc1nnc(C)n1C)N1CCC(Cc2ccccc2)C1.I. The molecule has 2 heterocycles. The number of aliphatic imine (C=N–C) groups is 1. The lowest BCUT2D eigenvalue weighted by Crippen LogP contribution is -2.41. The number of benzene rings is 1. The molecule has 1 aliphatic heterocycles. The van der Waals surface area contributed by atoms with Crippen molar-refractivity contribution in [2.75, 3.05) is 31.6 Å². The van der Waals surface area contributed by atoms with Gasteiger partial charge in [0, 0.05) is 26.7 Å². The smallest absolute Gasteiger partial charge is 0.194 e. The van der Waals surface area contributed by atoms with Gasteiger partial charge in [-0.1, -0.05) is 30.3 Å². The molecular formula is C21H33IN6S. The molecule has 1 unspecified atom stereocenters. The Labute approximate surface area is 196 Å². The second kappa shape index (κ2) is 12.4. The van der Waals surface area contributed by atoms with Crippen LogP contribution in [0, 0.1) is 12.8 Å². The van der Waals surface area contributed by atoms with Crippen LogP contribution in [0.25, 0.3) is 0 Å². The van der Waals surface area contributed by atoms with Gasteiger partial charge in [-0.2, -0.15) is 11.8 Å². The molecule has 0 spiro atoms. The normalized spacial score (nSPS) is 16.7. The summed E-state index contributed by atoms with van der Waals surface area (Å²) in [5, 5.41) is 12.0. The largest absolute Gasteiger partial charge is 0.356 e. The van der Waals surface area contributed by atoms with Crippen LogP contribution in [0.2, 0.25) is 0 Å². The summed E-state index contributed by atoms with van der Waals surface area (Å²) in [7, 11) is 2.00. The highest BCUT2D eigenvalue weighted by atomic mass is 127. The zero-order valence-electron chi connectivity index (χ0n) is 17.7. The maximum absolute atomic E-state index is 4.89. The molecule has 0 saturated carbocycles. The number of halogens is 1. The summed E-state index contributed by atoms with van der Waals surface area (Å²) in [5.74, 6) is 4.68. The zero-order chi connectivity index (χ0) is 19.8. The van der Waals surface area contributed by atoms with Crippen LogP contribution in [-0.4, -0.2) is 57.3 Å². The summed E-state index contributed by atoms with van der Waals surface area (Å²) >= 11 is 1.89. The number of likely N-dealkylation sites (tertiary alicyclic amines) is 1. The van der Waals surface area contributed by atoms with E-state index in [9.17, 15) is 0 Å². The average Bonchev–Trinajstić information content (AvgIpc) is 3.30. The highest BCUT2D eigenvalue weighted by Crippen LogP contribution is 2.21. The Bertz CT molecular complexity index is 764. The van der Waals surface area contributed by atoms with Crippen LogP contribution in [0.1, 0.15) is 30.1 Å². The molecule has 6 nitrogen and oxygen atoms in total. The Kier molecular flexibility index (Phi) is 10.3. The van der Waals surface area contributed by atoms with Crippen LogP contribution in [0.3, 0.4) is 0 Å². The standard InChI is InChI=1S/C21H32N6S.HI/c1-17-24-25-20(26(17)2)15-23-21(22-11-7-13-28-3)27-12-10-19(16-27)14-18-8-5-4-6-9-18;/h4-6,8-9,19H,7,10-16H2,1-3H3,(H,22,23);1H. The van der Waals surface area contributed by atoms with Crippen molar-refractivity contribution in [3.05, 3.63) is 47.5 Å². The van der Waals surface area contributed by atoms with E-state index < -0.39 is 0 Å². The fourth-order valence-electron chi connectivity index (χ4n) is 3.56. The monoisotopic (exact) mass is 528 g/mol. The number of aromatic nitrogens is 3. The third kappa shape index (κ3) is 7.16. The Morgan fingerprint density at radius 1 is 1.28 bits per heavy atom. The van der Waals surface area contributed by atoms with E-state index in [0.29, 0.717) is 12.5 Å². The minimum atomic E-state index is 0. The van der Waals surface area contributed by atoms with Gasteiger partial charge in [0.15, 0.2) is 11.8 Å². The Morgan fingerprint density at radius 2 is 2.07 bits per heavy atom. The Hall–Kier alpha value is -1.29. The van der Waals surface area contributed by atoms with Crippen molar-refractivity contribution >= 4 is 41.7 Å². The van der Waals surface area contributed by atoms with Gasteiger partial charge in [-0.3, -0.25) is 0 Å². The van der Waals surface area contributed by atoms with E-state index in [2.05, 4.69) is 57.0 Å². The summed E-state index contributed by atoms with van der Waals surface area (Å²) in [6.07, 6.45) is 5.65. The number of aryl methyl sites for hydroxylation is 1. The third-order valence-corrected chi connectivity index (χ3v) is 6.01. The molecule has 8 heteroatoms. The molecule has 2 aromatic rings. The van der Waals surface area contributed by atoms with Crippen molar-refractivity contribution in [2.24, 2.45) is 18.0 Å². The lowest BCUT2D eigenvalue weighted by molar-refractivity contribution is 0.458. The first-order chi connectivity index (χ1) is 13.7. The van der Waals surface area contributed by atoms with Gasteiger partial charge in [0.05, 0.1) is 0 Å². The van der Waals surface area contributed by atoms with Crippen molar-refractivity contribution in [2.45, 2.75) is 32.7 Å². The van der Waals surface area contributed by atoms with Gasteiger partial charge in [-0.25, -0.2) is 4.99 Å². The number of hydrogen-bond donors (Lipinski definition) is 1. The van der Waals surface area contributed by atoms with Crippen LogP contribution in [0.4, 0.5) is 0 Å². The second-order valence-corrected chi connectivity index (χ2v) is 8.41. The highest BCUT2D eigenvalue weighted by Gasteiger charge is 2.25. The van der Waals surface area contributed by atoms with Crippen molar-refractivity contribution < 1.29 is 0 Å². The van der Waals surface area contributed by atoms with Crippen LogP contribution >= 0.6 is 35.7 Å². The first-order valence-electron chi connectivity index (χ1n) is 10.1. The fourth-order valence-corrected chi connectivity index (χ4v) is 3.99. The molecule has 1 aromatic heterocycles. The van der Waals surface area contributed by atoms with Gasteiger partial charge < -0.3 is 14.8 Å². The number of rotatable bonds is 8. The molecule has 1 fully saturated rings. The molecule has 1 aromatic carbocycles. The summed E-state index contributed by atoms with van der Waals surface area (Å²) in [6, 6.07) is 10.8. The summed E-state index contributed by atoms with van der Waals surface area (Å²) in [4.78, 5) is 7.30. The summed E-state index contributed by atoms with van der Waals surface area (Å²) in [6.45, 7) is 5.60. The van der Waals surface area contributed by atoms with E-state index >= 15 is 0 Å². The molecule has 160 valence electrons. The van der Waals surface area contributed by atoms with Crippen LogP contribution in [-0.2, 0) is 20.0 Å². The maximum Gasteiger partial charge on any atom is 0.194 e. The first-order valence-corrected chi connectivity index (χ1v) is 11.5. The van der Waals surface area contributed by atoms with Gasteiger partial charge in [-0.15, -0.1) is 34.2 Å². The lowest BCUT2D eigenvalue weighted by atomic mass is 9.99. The number of nitrogens with zero attached hydrogens (tertiary/aromatic N) is 5. The van der Waals surface area contributed by atoms with E-state index in [-0.39, 0.29) is 24.0 Å². The number of thioether (sulfide) groups is 1. The van der Waals surface area contributed by atoms with Gasteiger partial charge in [0.2, 0.25) is 0 Å². The minimum absolute atomic E-state index is 0. The van der Waals surface area contributed by atoms with Gasteiger partial charge in [-0.05, 0) is 49.7 Å². The topological polar surface area (TPSA) is 58.3 Å². The van der Waals surface area contributed by atoms with Crippen LogP contribution < -0.4 is 5.32 Å². The maximum atomic E-state index is 4.89. The lowest BCUT2D eigenvalue weighted by Gasteiger charge is -2.22. The molecule has 0 aliphatic carbocycles. The van der Waals surface area contributed by atoms with Crippen molar-refractivity contribution in [1.29, 1.82) is 0 Å². The van der Waals surface area contributed by atoms with E-state index in [1.807, 2.05) is 30.3 Å². The number of nitrogens with one attached hydrogen (secondary N) is 1. The molecule has 29 heavy (non-hydrogen) atoms. The van der Waals surface area contributed by atoms with Gasteiger partial charge in [0.1, 0.15) is 12.4 Å². The molecular weight excluding hydrogens is 495 g/mol. The van der Waals surface area contributed by atoms with Crippen LogP contribution in [0.15, 0.2) is 35.3 Å². The van der Waals surface area contributed by atoms with E-state index in [0.717, 1.165) is 50.1 Å². The van der Waals surface area contributed by atoms with Gasteiger partial charge in [0.25, 0.3) is 0 Å². The quantitative estimate of drug-likeness (QED) is 0.246. The highest BCUT2D eigenvalue weighted by molar-refractivity contribution is 14.0. The summed E-state index contributed by atoms with van der Waals surface area (Å²) in [5.41, 5.74) is 1.43. The van der Waals surface area contributed by atoms with Crippen molar-refractivity contribution in [3.8, 4) is 0 Å². The first kappa shape index (κ1) is 24.0. The number of guanidine groups is 1. The van der Waals surface area contributed by atoms with E-state index in [1.54, 1.807) is 0 Å². The van der Waals surface area contributed by atoms with Crippen LogP contribution in [0.5, 0.6) is 0 Å². The molecule has 3 rings (SSSR count). The molecule has 0 amide bonds. The Balaban J connectivity index is 0.00000300. The molecule has 1 saturated heterocycles. The predicted molar refractivity (Wildman–Crippen MR) is 133 cm³/mol. The molecule has 1 N–H and O–H groups in total. The van der Waals surface area contributed by atoms with Crippen molar-refractivity contribution in [1.82, 2.24) is 25.0 Å². The second-order valence-electron chi connectivity index (χ2n) is 7.43. The van der Waals surface area contributed by atoms with E-state index in [1.165, 1.54) is 17.7 Å². The molecule has 1 atom stereocenters. The van der Waals surface area contributed by atoms with Gasteiger partial charge >= 0.3 is 0 Å². The third-order valence-electron chi connectivity index (χ3n) is 5.31. The zero-order valence-corrected chi connectivity index (χ0v) is 20.8. The molecule has 0 radical (unpaired) electrons. The minimum Gasteiger partial charge on any atom is -0.356 e. The summed E-state index contributed by atoms with van der Waals surface area (Å²) < 4.78 is 2.01.